The Morgan fingerprint density at radius 3 is 2.69 bits per heavy atom. The van der Waals surface area contributed by atoms with Gasteiger partial charge in [-0.3, -0.25) is 0 Å². The van der Waals surface area contributed by atoms with Crippen LogP contribution in [0.5, 0.6) is 0 Å². The summed E-state index contributed by atoms with van der Waals surface area (Å²) >= 11 is 0. The number of aromatic nitrogens is 3. The van der Waals surface area contributed by atoms with E-state index in [2.05, 4.69) is 23.2 Å². The zero-order chi connectivity index (χ0) is 9.84. The van der Waals surface area contributed by atoms with E-state index in [0.29, 0.717) is 0 Å². The summed E-state index contributed by atoms with van der Waals surface area (Å²) in [4.78, 5) is 4.17. The van der Waals surface area contributed by atoms with Gasteiger partial charge in [-0.1, -0.05) is 19.2 Å². The second-order valence-corrected chi connectivity index (χ2v) is 2.74. The smallest absolute Gasteiger partial charge is 0.155 e. The molecular formula is C10H13N3. The predicted molar refractivity (Wildman–Crippen MR) is 55.0 cm³/mol. The maximum absolute atomic E-state index is 4.18. The summed E-state index contributed by atoms with van der Waals surface area (Å²) in [7, 11) is 0. The van der Waals surface area contributed by atoms with Gasteiger partial charge in [-0.15, -0.1) is 0 Å². The van der Waals surface area contributed by atoms with Gasteiger partial charge in [-0.2, -0.15) is 5.10 Å². The number of hydrogen-bond donors (Lipinski definition) is 0. The zero-order valence-electron chi connectivity index (χ0n) is 7.99. The minimum absolute atomic E-state index is 0.739. The Balaban J connectivity index is 3.13. The summed E-state index contributed by atoms with van der Waals surface area (Å²) in [5, 5.41) is 4.18. The summed E-state index contributed by atoms with van der Waals surface area (Å²) in [6, 6.07) is 0. The van der Waals surface area contributed by atoms with E-state index in [9.17, 15) is 0 Å². The van der Waals surface area contributed by atoms with Crippen molar-refractivity contribution in [2.75, 3.05) is 0 Å². The Labute approximate surface area is 78.1 Å². The first-order valence-electron chi connectivity index (χ1n) is 4.04. The molecule has 0 aromatic carbocycles. The summed E-state index contributed by atoms with van der Waals surface area (Å²) in [6.45, 7) is 11.1. The van der Waals surface area contributed by atoms with Crippen LogP contribution in [0.4, 0.5) is 0 Å². The van der Waals surface area contributed by atoms with Gasteiger partial charge in [0, 0.05) is 6.20 Å². The highest BCUT2D eigenvalue weighted by Gasteiger charge is 1.99. The summed E-state index contributed by atoms with van der Waals surface area (Å²) < 4.78 is 1.69. The Morgan fingerprint density at radius 1 is 1.46 bits per heavy atom. The van der Waals surface area contributed by atoms with Crippen LogP contribution in [0, 0.1) is 6.92 Å². The van der Waals surface area contributed by atoms with Crippen LogP contribution >= 0.6 is 0 Å². The van der Waals surface area contributed by atoms with Crippen molar-refractivity contribution in [2.24, 2.45) is 0 Å². The molecule has 1 heterocycles. The van der Waals surface area contributed by atoms with Crippen LogP contribution in [0.1, 0.15) is 18.6 Å². The van der Waals surface area contributed by atoms with Gasteiger partial charge in [0.15, 0.2) is 5.82 Å². The first-order chi connectivity index (χ1) is 6.17. The lowest BCUT2D eigenvalue weighted by molar-refractivity contribution is 0.899. The van der Waals surface area contributed by atoms with Crippen LogP contribution in [0.25, 0.3) is 12.3 Å². The third-order valence-corrected chi connectivity index (χ3v) is 1.59. The summed E-state index contributed by atoms with van der Waals surface area (Å²) in [5.74, 6) is 1.49. The molecule has 0 radical (unpaired) electrons. The van der Waals surface area contributed by atoms with Gasteiger partial charge in [0.05, 0.1) is 0 Å². The van der Waals surface area contributed by atoms with Gasteiger partial charge >= 0.3 is 0 Å². The molecular weight excluding hydrogens is 162 g/mol. The highest BCUT2D eigenvalue weighted by atomic mass is 15.3. The Kier molecular flexibility index (Phi) is 2.80. The molecule has 68 valence electrons. The van der Waals surface area contributed by atoms with E-state index in [1.54, 1.807) is 16.8 Å². The van der Waals surface area contributed by atoms with Crippen LogP contribution in [-0.4, -0.2) is 14.8 Å². The number of nitrogens with zero attached hydrogens (tertiary/aromatic N) is 3. The molecule has 0 spiro atoms. The van der Waals surface area contributed by atoms with Crippen LogP contribution < -0.4 is 0 Å². The molecule has 0 aliphatic rings. The number of rotatable bonds is 3. The molecule has 0 bridgehead atoms. The molecule has 1 aromatic heterocycles. The number of aryl methyl sites for hydroxylation is 1. The SMILES string of the molecule is C=C/C(C)=C\n1nc(C)nc1C=C. The quantitative estimate of drug-likeness (QED) is 0.660. The largest absolute Gasteiger partial charge is 0.221 e. The van der Waals surface area contributed by atoms with Gasteiger partial charge in [0.2, 0.25) is 0 Å². The number of hydrogen-bond acceptors (Lipinski definition) is 2. The molecule has 3 nitrogen and oxygen atoms in total. The van der Waals surface area contributed by atoms with Crippen molar-refractivity contribution in [3.8, 4) is 0 Å². The third kappa shape index (κ3) is 2.15. The first-order valence-corrected chi connectivity index (χ1v) is 4.04. The Morgan fingerprint density at radius 2 is 2.15 bits per heavy atom. The molecule has 1 rings (SSSR count). The lowest BCUT2D eigenvalue weighted by Gasteiger charge is -1.95. The van der Waals surface area contributed by atoms with E-state index in [-0.39, 0.29) is 0 Å². The zero-order valence-corrected chi connectivity index (χ0v) is 7.99. The molecule has 3 heteroatoms. The molecule has 0 saturated carbocycles. The van der Waals surface area contributed by atoms with Crippen molar-refractivity contribution >= 4 is 12.3 Å². The average molecular weight is 175 g/mol. The molecule has 0 aliphatic carbocycles. The molecule has 0 amide bonds. The molecule has 0 saturated heterocycles. The molecule has 0 fully saturated rings. The van der Waals surface area contributed by atoms with Crippen molar-refractivity contribution in [2.45, 2.75) is 13.8 Å². The summed E-state index contributed by atoms with van der Waals surface area (Å²) in [5.41, 5.74) is 1.04. The van der Waals surface area contributed by atoms with Gasteiger partial charge < -0.3 is 0 Å². The molecule has 0 unspecified atom stereocenters. The monoisotopic (exact) mass is 175 g/mol. The second-order valence-electron chi connectivity index (χ2n) is 2.74. The van der Waals surface area contributed by atoms with Crippen molar-refractivity contribution in [3.63, 3.8) is 0 Å². The van der Waals surface area contributed by atoms with Gasteiger partial charge in [-0.05, 0) is 25.5 Å². The standard InChI is InChI=1S/C10H13N3/c1-5-8(3)7-13-10(6-2)11-9(4)12-13/h5-7H,1-2H2,3-4H3/b8-7-. The van der Waals surface area contributed by atoms with Crippen LogP contribution in [0.2, 0.25) is 0 Å². The van der Waals surface area contributed by atoms with Crippen molar-refractivity contribution in [3.05, 3.63) is 36.5 Å². The van der Waals surface area contributed by atoms with Crippen LogP contribution in [0.3, 0.4) is 0 Å². The lowest BCUT2D eigenvalue weighted by Crippen LogP contribution is -1.93. The fourth-order valence-electron chi connectivity index (χ4n) is 0.926. The maximum atomic E-state index is 4.18. The van der Waals surface area contributed by atoms with E-state index >= 15 is 0 Å². The Hall–Kier alpha value is -1.64. The highest BCUT2D eigenvalue weighted by Crippen LogP contribution is 2.03. The molecule has 0 atom stereocenters. The highest BCUT2D eigenvalue weighted by molar-refractivity contribution is 5.44. The maximum Gasteiger partial charge on any atom is 0.155 e. The second kappa shape index (κ2) is 3.85. The van der Waals surface area contributed by atoms with E-state index in [4.69, 9.17) is 0 Å². The van der Waals surface area contributed by atoms with Gasteiger partial charge in [-0.25, -0.2) is 9.67 Å². The fraction of sp³-hybridized carbons (Fsp3) is 0.200. The Bertz CT molecular complexity index is 358. The predicted octanol–water partition coefficient (Wildman–Crippen LogP) is 2.28. The number of allylic oxidation sites excluding steroid dienone is 2. The van der Waals surface area contributed by atoms with Crippen LogP contribution in [-0.2, 0) is 0 Å². The third-order valence-electron chi connectivity index (χ3n) is 1.59. The van der Waals surface area contributed by atoms with E-state index in [1.807, 2.05) is 20.0 Å². The van der Waals surface area contributed by atoms with Crippen LogP contribution in [0.15, 0.2) is 24.8 Å². The minimum Gasteiger partial charge on any atom is -0.221 e. The normalized spacial score (nSPS) is 11.4. The molecule has 0 aliphatic heterocycles. The molecule has 13 heavy (non-hydrogen) atoms. The van der Waals surface area contributed by atoms with Gasteiger partial charge in [0.25, 0.3) is 0 Å². The molecule has 1 aromatic rings. The van der Waals surface area contributed by atoms with Crippen molar-refractivity contribution in [1.29, 1.82) is 0 Å². The lowest BCUT2D eigenvalue weighted by atomic mass is 10.3. The van der Waals surface area contributed by atoms with E-state index in [0.717, 1.165) is 17.2 Å². The summed E-state index contributed by atoms with van der Waals surface area (Å²) in [6.07, 6.45) is 5.31. The van der Waals surface area contributed by atoms with Crippen molar-refractivity contribution in [1.82, 2.24) is 14.8 Å². The van der Waals surface area contributed by atoms with E-state index in [1.165, 1.54) is 0 Å². The van der Waals surface area contributed by atoms with Gasteiger partial charge in [0.1, 0.15) is 5.82 Å². The average Bonchev–Trinajstić information content (AvgIpc) is 2.46. The first kappa shape index (κ1) is 9.45. The topological polar surface area (TPSA) is 30.7 Å². The fourth-order valence-corrected chi connectivity index (χ4v) is 0.926. The minimum atomic E-state index is 0.739. The van der Waals surface area contributed by atoms with Crippen molar-refractivity contribution < 1.29 is 0 Å². The molecule has 0 N–H and O–H groups in total. The van der Waals surface area contributed by atoms with E-state index < -0.39 is 0 Å².